The number of carbonyl (C=O) groups is 1. The lowest BCUT2D eigenvalue weighted by atomic mass is 10.4. The van der Waals surface area contributed by atoms with Gasteiger partial charge in [-0.15, -0.1) is 0 Å². The predicted octanol–water partition coefficient (Wildman–Crippen LogP) is -0.966. The van der Waals surface area contributed by atoms with Gasteiger partial charge in [0.1, 0.15) is 12.7 Å². The largest absolute Gasteiger partial charge is 0.505 e. The van der Waals surface area contributed by atoms with Crippen LogP contribution in [0.25, 0.3) is 0 Å². The quantitative estimate of drug-likeness (QED) is 0.435. The number of ether oxygens (including phenoxy) is 1. The molecule has 0 bridgehead atoms. The van der Waals surface area contributed by atoms with Gasteiger partial charge in [-0.2, -0.15) is 0 Å². The van der Waals surface area contributed by atoms with E-state index in [1.54, 1.807) is 0 Å². The highest BCUT2D eigenvalue weighted by atomic mass is 16.7. The smallest absolute Gasteiger partial charge is 0.450 e. The van der Waals surface area contributed by atoms with Crippen molar-refractivity contribution in [2.24, 2.45) is 0 Å². The maximum Gasteiger partial charge on any atom is 0.505 e. The molecule has 0 aliphatic heterocycles. The van der Waals surface area contributed by atoms with Gasteiger partial charge in [0.05, 0.1) is 6.61 Å². The summed E-state index contributed by atoms with van der Waals surface area (Å²) in [7, 11) is 0. The summed E-state index contributed by atoms with van der Waals surface area (Å²) < 4.78 is 3.90. The van der Waals surface area contributed by atoms with E-state index >= 15 is 0 Å². The highest BCUT2D eigenvalue weighted by molar-refractivity contribution is 5.56. The Morgan fingerprint density at radius 1 is 1.67 bits per heavy atom. The summed E-state index contributed by atoms with van der Waals surface area (Å²) in [6.45, 7) is -0.876. The molecule has 54 valence electrons. The third kappa shape index (κ3) is 5.05. The zero-order chi connectivity index (χ0) is 7.28. The minimum absolute atomic E-state index is 0.383. The van der Waals surface area contributed by atoms with Gasteiger partial charge in [0, 0.05) is 0 Å². The molecule has 0 heterocycles. The van der Waals surface area contributed by atoms with Gasteiger partial charge in [0.2, 0.25) is 0 Å². The first-order valence-electron chi connectivity index (χ1n) is 2.31. The Morgan fingerprint density at radius 3 is 2.56 bits per heavy atom. The molecule has 0 unspecified atom stereocenters. The lowest BCUT2D eigenvalue weighted by Crippen LogP contribution is -2.21. The molecular weight excluding hydrogens is 128 g/mol. The van der Waals surface area contributed by atoms with Crippen molar-refractivity contribution >= 4 is 6.16 Å². The van der Waals surface area contributed by atoms with Crippen molar-refractivity contribution in [1.29, 1.82) is 0 Å². The van der Waals surface area contributed by atoms with Crippen LogP contribution in [0.15, 0.2) is 0 Å². The molecule has 5 heteroatoms. The van der Waals surface area contributed by atoms with Gasteiger partial charge >= 0.3 is 6.16 Å². The highest BCUT2D eigenvalue weighted by Gasteiger charge is 2.03. The fraction of sp³-hybridized carbons (Fsp3) is 0.750. The van der Waals surface area contributed by atoms with Crippen LogP contribution in [0.3, 0.4) is 0 Å². The Hall–Kier alpha value is -0.810. The molecule has 0 saturated heterocycles. The van der Waals surface area contributed by atoms with Crippen LogP contribution in [0, 0.1) is 0 Å². The predicted molar refractivity (Wildman–Crippen MR) is 27.1 cm³/mol. The zero-order valence-electron chi connectivity index (χ0n) is 4.65. The Labute approximate surface area is 51.5 Å². The molecule has 0 fully saturated rings. The molecule has 0 rings (SSSR count). The van der Waals surface area contributed by atoms with E-state index in [1.807, 2.05) is 0 Å². The summed E-state index contributed by atoms with van der Waals surface area (Å²) in [6, 6.07) is 0. The van der Waals surface area contributed by atoms with E-state index in [4.69, 9.17) is 15.3 Å². The van der Waals surface area contributed by atoms with Crippen molar-refractivity contribution in [3.63, 3.8) is 0 Å². The highest BCUT2D eigenvalue weighted by Crippen LogP contribution is 1.82. The molecule has 0 aliphatic carbocycles. The minimum atomic E-state index is -1.46. The van der Waals surface area contributed by atoms with Gasteiger partial charge in [-0.1, -0.05) is 0 Å². The molecule has 0 spiro atoms. The molecular formula is C4H8O5. The molecule has 0 aliphatic rings. The van der Waals surface area contributed by atoms with Crippen molar-refractivity contribution in [3.05, 3.63) is 0 Å². The first-order valence-corrected chi connectivity index (χ1v) is 2.31. The SMILES string of the molecule is O=C(O)OC[C@H](O)CO. The second-order valence-electron chi connectivity index (χ2n) is 1.41. The van der Waals surface area contributed by atoms with Crippen LogP contribution in [0.1, 0.15) is 0 Å². The first kappa shape index (κ1) is 8.19. The minimum Gasteiger partial charge on any atom is -0.450 e. The number of hydrogen-bond acceptors (Lipinski definition) is 4. The second kappa shape index (κ2) is 4.11. The maximum atomic E-state index is 9.60. The van der Waals surface area contributed by atoms with Gasteiger partial charge in [-0.25, -0.2) is 4.79 Å². The van der Waals surface area contributed by atoms with Crippen molar-refractivity contribution in [2.45, 2.75) is 6.10 Å². The first-order chi connectivity index (χ1) is 4.16. The summed E-state index contributed by atoms with van der Waals surface area (Å²) in [6.07, 6.45) is -2.57. The molecule has 5 nitrogen and oxygen atoms in total. The van der Waals surface area contributed by atoms with Crippen molar-refractivity contribution in [1.82, 2.24) is 0 Å². The monoisotopic (exact) mass is 136 g/mol. The number of rotatable bonds is 3. The van der Waals surface area contributed by atoms with Gasteiger partial charge in [0.15, 0.2) is 0 Å². The van der Waals surface area contributed by atoms with Crippen LogP contribution < -0.4 is 0 Å². The summed E-state index contributed by atoms with van der Waals surface area (Å²) in [4.78, 5) is 9.60. The van der Waals surface area contributed by atoms with Crippen LogP contribution in [0.4, 0.5) is 4.79 Å². The molecule has 1 atom stereocenters. The van der Waals surface area contributed by atoms with Gasteiger partial charge < -0.3 is 20.1 Å². The number of carboxylic acid groups (broad SMARTS) is 1. The molecule has 3 N–H and O–H groups in total. The van der Waals surface area contributed by atoms with Crippen molar-refractivity contribution in [3.8, 4) is 0 Å². The number of aliphatic hydroxyl groups is 2. The average molecular weight is 136 g/mol. The van der Waals surface area contributed by atoms with E-state index in [9.17, 15) is 4.79 Å². The molecule has 0 aromatic carbocycles. The lowest BCUT2D eigenvalue weighted by molar-refractivity contribution is 0.0145. The Bertz CT molecular complexity index is 91.0. The number of hydrogen-bond donors (Lipinski definition) is 3. The molecule has 0 aromatic heterocycles. The van der Waals surface area contributed by atoms with Crippen LogP contribution in [-0.2, 0) is 4.74 Å². The van der Waals surface area contributed by atoms with Gasteiger partial charge in [-0.05, 0) is 0 Å². The molecule has 0 radical (unpaired) electrons. The van der Waals surface area contributed by atoms with Gasteiger partial charge in [0.25, 0.3) is 0 Å². The number of aliphatic hydroxyl groups excluding tert-OH is 2. The standard InChI is InChI=1S/C4H8O5/c5-1-3(6)2-9-4(7)8/h3,5-6H,1-2H2,(H,7,8)/t3-/m1/s1. The van der Waals surface area contributed by atoms with Gasteiger partial charge in [-0.3, -0.25) is 0 Å². The van der Waals surface area contributed by atoms with E-state index in [0.29, 0.717) is 0 Å². The van der Waals surface area contributed by atoms with Crippen LogP contribution >= 0.6 is 0 Å². The third-order valence-electron chi connectivity index (χ3n) is 0.610. The lowest BCUT2D eigenvalue weighted by Gasteiger charge is -2.03. The van der Waals surface area contributed by atoms with Crippen molar-refractivity contribution in [2.75, 3.05) is 13.2 Å². The topological polar surface area (TPSA) is 87.0 Å². The van der Waals surface area contributed by atoms with E-state index in [1.165, 1.54) is 0 Å². The van der Waals surface area contributed by atoms with E-state index in [2.05, 4.69) is 4.74 Å². The summed E-state index contributed by atoms with van der Waals surface area (Å²) in [5.41, 5.74) is 0. The fourth-order valence-corrected chi connectivity index (χ4v) is 0.220. The fourth-order valence-electron chi connectivity index (χ4n) is 0.220. The zero-order valence-corrected chi connectivity index (χ0v) is 4.65. The summed E-state index contributed by atoms with van der Waals surface area (Å²) in [5.74, 6) is 0. The molecule has 0 aromatic rings. The van der Waals surface area contributed by atoms with Crippen LogP contribution in [0.2, 0.25) is 0 Å². The molecule has 9 heavy (non-hydrogen) atoms. The Kier molecular flexibility index (Phi) is 3.74. The van der Waals surface area contributed by atoms with Crippen LogP contribution in [0.5, 0.6) is 0 Å². The Morgan fingerprint density at radius 2 is 2.22 bits per heavy atom. The molecule has 0 saturated carbocycles. The summed E-state index contributed by atoms with van der Waals surface area (Å²) in [5, 5.41) is 24.4. The third-order valence-corrected chi connectivity index (χ3v) is 0.610. The average Bonchev–Trinajstić information content (AvgIpc) is 1.83. The normalized spacial score (nSPS) is 12.7. The summed E-state index contributed by atoms with van der Waals surface area (Å²) >= 11 is 0. The molecule has 0 amide bonds. The van der Waals surface area contributed by atoms with E-state index in [0.717, 1.165) is 0 Å². The van der Waals surface area contributed by atoms with Crippen molar-refractivity contribution < 1.29 is 24.9 Å². The maximum absolute atomic E-state index is 9.60. The van der Waals surface area contributed by atoms with Crippen LogP contribution in [-0.4, -0.2) is 40.8 Å². The van der Waals surface area contributed by atoms with E-state index < -0.39 is 18.9 Å². The van der Waals surface area contributed by atoms with E-state index in [-0.39, 0.29) is 6.61 Å². The Balaban J connectivity index is 3.16. The second-order valence-corrected chi connectivity index (χ2v) is 1.41.